The number of hydrogen-bond donors (Lipinski definition) is 0. The second-order valence-corrected chi connectivity index (χ2v) is 0. The van der Waals surface area contributed by atoms with Gasteiger partial charge in [0.25, 0.3) is 0 Å². The van der Waals surface area contributed by atoms with Crippen molar-refractivity contribution >= 4 is 50.5 Å². The van der Waals surface area contributed by atoms with Gasteiger partial charge in [0, 0.05) is 21.7 Å². The van der Waals surface area contributed by atoms with Crippen molar-refractivity contribution in [3.8, 4) is 0 Å². The Bertz CT molecular complexity index is 11.6. The molecule has 0 unspecified atom stereocenters. The van der Waals surface area contributed by atoms with Gasteiger partial charge in [0.15, 0.2) is 17.4 Å². The summed E-state index contributed by atoms with van der Waals surface area (Å²) in [5, 5.41) is 0. The minimum absolute atomic E-state index is 0. The molecule has 0 aromatic carbocycles. The van der Waals surface area contributed by atoms with Gasteiger partial charge in [-0.05, 0) is 0 Å². The third kappa shape index (κ3) is 23.8. The van der Waals surface area contributed by atoms with E-state index in [0.717, 1.165) is 0 Å². The molecule has 0 aliphatic carbocycles. The van der Waals surface area contributed by atoms with Crippen LogP contribution in [0, 0.1) is 0 Å². The maximum atomic E-state index is 8.28. The summed E-state index contributed by atoms with van der Waals surface area (Å²) < 4.78 is 8.28. The maximum Gasteiger partial charge on any atom is 0.316 e. The van der Waals surface area contributed by atoms with Crippen LogP contribution in [0.4, 0.5) is 0 Å². The van der Waals surface area contributed by atoms with E-state index in [2.05, 4.69) is 0 Å². The van der Waals surface area contributed by atoms with Crippen molar-refractivity contribution in [1.29, 1.82) is 0 Å². The van der Waals surface area contributed by atoms with Gasteiger partial charge in [0.1, 0.15) is 0 Å². The minimum Gasteiger partial charge on any atom is -0.396 e. The van der Waals surface area contributed by atoms with Crippen LogP contribution in [0.25, 0.3) is 0 Å². The van der Waals surface area contributed by atoms with E-state index in [9.17, 15) is 0 Å². The van der Waals surface area contributed by atoms with E-state index in [1.54, 1.807) is 0 Å². The summed E-state index contributed by atoms with van der Waals surface area (Å²) in [6.07, 6.45) is 0. The van der Waals surface area contributed by atoms with E-state index in [-0.39, 0.29) is 62.1 Å². The summed E-state index contributed by atoms with van der Waals surface area (Å²) >= 11 is 0. The molecule has 0 aliphatic heterocycles. The Morgan fingerprint density at radius 1 is 1.20 bits per heavy atom. The van der Waals surface area contributed by atoms with Crippen LogP contribution in [0.5, 0.6) is 0 Å². The molecule has 0 aromatic rings. The zero-order chi connectivity index (χ0) is 2.00. The SMILES string of the molecule is O=[SiH2].[AlH3].[MgH2].[Ti]. The van der Waals surface area contributed by atoms with Crippen molar-refractivity contribution in [2.75, 3.05) is 0 Å². The van der Waals surface area contributed by atoms with E-state index in [1.165, 1.54) is 0 Å². The molecule has 0 rings (SSSR count). The van der Waals surface area contributed by atoms with Crippen LogP contribution in [-0.4, -0.2) is 50.5 Å². The normalized spacial score (nSPS) is 0.800. The predicted molar refractivity (Wildman–Crippen MR) is 27.7 cm³/mol. The van der Waals surface area contributed by atoms with Crippen LogP contribution in [0.15, 0.2) is 0 Å². The molecular formula is H7AlMgOSiTi. The zero-order valence-corrected chi connectivity index (χ0v) is 4.59. The summed E-state index contributed by atoms with van der Waals surface area (Å²) in [5.41, 5.74) is 0. The largest absolute Gasteiger partial charge is 0.396 e. The smallest absolute Gasteiger partial charge is 0.316 e. The van der Waals surface area contributed by atoms with E-state index in [4.69, 9.17) is 4.46 Å². The van der Waals surface area contributed by atoms with Crippen molar-refractivity contribution in [1.82, 2.24) is 0 Å². The van der Waals surface area contributed by atoms with Gasteiger partial charge in [0.2, 0.25) is 10.1 Å². The van der Waals surface area contributed by atoms with Crippen LogP contribution in [0.2, 0.25) is 0 Å². The van der Waals surface area contributed by atoms with Gasteiger partial charge in [-0.25, -0.2) is 0 Å². The Hall–Kier alpha value is 2.03. The molecule has 0 aliphatic rings. The Morgan fingerprint density at radius 3 is 1.20 bits per heavy atom. The standard InChI is InChI=1S/Al.Mg.H2OSi.Ti.5H/c;;1-2;;;;;;/h;;2H2;;;;;;. The average molecular weight is 150 g/mol. The molecule has 5 heteroatoms. The number of hydrogen-bond acceptors (Lipinski definition) is 1. The summed E-state index contributed by atoms with van der Waals surface area (Å²) in [6, 6.07) is 0. The zero-order valence-electron chi connectivity index (χ0n) is 1.62. The maximum absolute atomic E-state index is 8.28. The molecule has 0 saturated carbocycles. The second kappa shape index (κ2) is 37.0. The van der Waals surface area contributed by atoms with Crippen molar-refractivity contribution in [2.24, 2.45) is 0 Å². The fraction of sp³-hybridized carbons (Fsp3) is 0. The fourth-order valence-corrected chi connectivity index (χ4v) is 0. The molecule has 0 heterocycles. The first-order chi connectivity index (χ1) is 1.00. The van der Waals surface area contributed by atoms with Crippen LogP contribution >= 0.6 is 0 Å². The fourth-order valence-electron chi connectivity index (χ4n) is 0. The average Bonchev–Trinajstić information content (AvgIpc) is 1.00. The van der Waals surface area contributed by atoms with Gasteiger partial charge in [0.05, 0.1) is 0 Å². The second-order valence-electron chi connectivity index (χ2n) is 0. The van der Waals surface area contributed by atoms with Crippen molar-refractivity contribution in [2.45, 2.75) is 0 Å². The molecule has 5 heavy (non-hydrogen) atoms. The van der Waals surface area contributed by atoms with Crippen LogP contribution in [0.1, 0.15) is 0 Å². The summed E-state index contributed by atoms with van der Waals surface area (Å²) in [4.78, 5) is 0. The van der Waals surface area contributed by atoms with Gasteiger partial charge in [-0.2, -0.15) is 0 Å². The van der Waals surface area contributed by atoms with E-state index >= 15 is 0 Å². The molecule has 0 radical (unpaired) electrons. The van der Waals surface area contributed by atoms with E-state index in [0.29, 0.717) is 10.1 Å². The van der Waals surface area contributed by atoms with E-state index < -0.39 is 0 Å². The Morgan fingerprint density at radius 2 is 1.20 bits per heavy atom. The molecule has 26 valence electrons. The quantitative estimate of drug-likeness (QED) is 0.334. The molecule has 1 nitrogen and oxygen atoms in total. The van der Waals surface area contributed by atoms with Crippen LogP contribution < -0.4 is 0 Å². The van der Waals surface area contributed by atoms with Crippen LogP contribution in [0.3, 0.4) is 0 Å². The molecule has 0 N–H and O–H groups in total. The molecule has 0 saturated heterocycles. The first-order valence-electron chi connectivity index (χ1n) is 0.289. The van der Waals surface area contributed by atoms with Gasteiger partial charge in [-0.1, -0.05) is 0 Å². The van der Waals surface area contributed by atoms with Gasteiger partial charge in [-0.3, -0.25) is 0 Å². The molecule has 0 bridgehead atoms. The van der Waals surface area contributed by atoms with Crippen molar-refractivity contribution in [3.05, 3.63) is 0 Å². The van der Waals surface area contributed by atoms with Gasteiger partial charge < -0.3 is 4.46 Å². The molecule has 0 aromatic heterocycles. The Labute approximate surface area is 75.9 Å². The summed E-state index contributed by atoms with van der Waals surface area (Å²) in [7, 11) is 0.611. The van der Waals surface area contributed by atoms with Crippen molar-refractivity contribution < 1.29 is 26.2 Å². The third-order valence-electron chi connectivity index (χ3n) is 0. The van der Waals surface area contributed by atoms with Gasteiger partial charge >= 0.3 is 23.1 Å². The Kier molecular flexibility index (Phi) is 206. The molecule has 0 fully saturated rings. The first-order valence-corrected chi connectivity index (χ1v) is 0.866. The van der Waals surface area contributed by atoms with E-state index in [1.807, 2.05) is 0 Å². The molecular weight excluding hydrogens is 143 g/mol. The number of rotatable bonds is 0. The first kappa shape index (κ1) is 27.8. The van der Waals surface area contributed by atoms with Crippen molar-refractivity contribution in [3.63, 3.8) is 0 Å². The topological polar surface area (TPSA) is 17.1 Å². The molecule has 0 spiro atoms. The summed E-state index contributed by atoms with van der Waals surface area (Å²) in [6.45, 7) is 0. The Balaban J connectivity index is -0.00000000167. The minimum atomic E-state index is 0. The monoisotopic (exact) mass is 150 g/mol. The summed E-state index contributed by atoms with van der Waals surface area (Å²) in [5.74, 6) is 0. The van der Waals surface area contributed by atoms with Crippen LogP contribution in [-0.2, 0) is 26.2 Å². The third-order valence-corrected chi connectivity index (χ3v) is 0. The molecule has 0 atom stereocenters. The predicted octanol–water partition coefficient (Wildman–Crippen LogP) is -3.14. The van der Waals surface area contributed by atoms with Gasteiger partial charge in [-0.15, -0.1) is 0 Å². The molecule has 0 amide bonds.